The number of allylic oxidation sites excluding steroid dienone is 1. The summed E-state index contributed by atoms with van der Waals surface area (Å²) in [6, 6.07) is 6.94. The summed E-state index contributed by atoms with van der Waals surface area (Å²) in [7, 11) is 0. The summed E-state index contributed by atoms with van der Waals surface area (Å²) in [5.74, 6) is -2.25. The second kappa shape index (κ2) is 9.93. The number of fused-ring (bicyclic) bond motifs is 5. The standard InChI is InChI=1S/C30H33ClFIO6/c1-17(34)38-16-25(36)30(39-26(37)18-5-4-6-19(33)13-18)10-8-21-22-15-24(32)23-14-20(35)7-9-27(23,2)29(22,31)12-11-28(21,30)3/h4-6,13-14,21-22,24H,7-12,15-16H2,1-3H3/t21-,22-,24?,27-,28-,29+,30-/m0/s1. The van der Waals surface area contributed by atoms with E-state index in [1.54, 1.807) is 18.2 Å². The first-order valence-electron chi connectivity index (χ1n) is 13.5. The number of rotatable bonds is 5. The highest BCUT2D eigenvalue weighted by molar-refractivity contribution is 14.1. The molecule has 3 saturated carbocycles. The molecule has 1 unspecified atom stereocenters. The van der Waals surface area contributed by atoms with Crippen molar-refractivity contribution in [2.75, 3.05) is 6.61 Å². The lowest BCUT2D eigenvalue weighted by Crippen LogP contribution is -2.65. The van der Waals surface area contributed by atoms with E-state index in [4.69, 9.17) is 21.1 Å². The molecule has 0 amide bonds. The van der Waals surface area contributed by atoms with Gasteiger partial charge in [-0.3, -0.25) is 14.4 Å². The molecule has 0 N–H and O–H groups in total. The smallest absolute Gasteiger partial charge is 0.339 e. The van der Waals surface area contributed by atoms with Gasteiger partial charge in [0.1, 0.15) is 6.17 Å². The van der Waals surface area contributed by atoms with Crippen LogP contribution in [-0.4, -0.2) is 46.8 Å². The Morgan fingerprint density at radius 3 is 2.56 bits per heavy atom. The van der Waals surface area contributed by atoms with E-state index in [0.29, 0.717) is 43.2 Å². The topological polar surface area (TPSA) is 86.7 Å². The quantitative estimate of drug-likeness (QED) is 0.212. The highest BCUT2D eigenvalue weighted by Crippen LogP contribution is 2.72. The fraction of sp³-hybridized carbons (Fsp3) is 0.600. The molecule has 1 aromatic rings. The number of carbonyl (C=O) groups excluding carboxylic acids is 4. The van der Waals surface area contributed by atoms with Gasteiger partial charge in [-0.1, -0.05) is 19.9 Å². The Bertz CT molecular complexity index is 1280. The third kappa shape index (κ3) is 4.30. The number of alkyl halides is 2. The van der Waals surface area contributed by atoms with E-state index in [0.717, 1.165) is 3.57 Å². The maximum atomic E-state index is 15.8. The average Bonchev–Trinajstić information content (AvgIpc) is 3.18. The zero-order chi connectivity index (χ0) is 28.4. The minimum atomic E-state index is -1.55. The van der Waals surface area contributed by atoms with Crippen LogP contribution in [0.15, 0.2) is 35.9 Å². The predicted molar refractivity (Wildman–Crippen MR) is 151 cm³/mol. The maximum absolute atomic E-state index is 15.8. The highest BCUT2D eigenvalue weighted by atomic mass is 127. The Morgan fingerprint density at radius 2 is 1.87 bits per heavy atom. The van der Waals surface area contributed by atoms with E-state index in [1.165, 1.54) is 13.0 Å². The van der Waals surface area contributed by atoms with Crippen molar-refractivity contribution < 1.29 is 33.0 Å². The van der Waals surface area contributed by atoms with Crippen molar-refractivity contribution in [2.45, 2.75) is 82.4 Å². The first-order valence-corrected chi connectivity index (χ1v) is 15.0. The molecule has 0 aliphatic heterocycles. The van der Waals surface area contributed by atoms with Gasteiger partial charge in [-0.2, -0.15) is 0 Å². The Kier molecular flexibility index (Phi) is 7.31. The van der Waals surface area contributed by atoms with Gasteiger partial charge in [-0.05, 0) is 103 Å². The van der Waals surface area contributed by atoms with E-state index >= 15 is 4.39 Å². The summed E-state index contributed by atoms with van der Waals surface area (Å²) >= 11 is 9.65. The third-order valence-corrected chi connectivity index (χ3v) is 11.9. The zero-order valence-corrected chi connectivity index (χ0v) is 25.3. The molecule has 6 nitrogen and oxygen atoms in total. The number of esters is 2. The molecule has 0 saturated heterocycles. The second-order valence-corrected chi connectivity index (χ2v) is 14.0. The SMILES string of the molecule is CC(=O)OCC(=O)[C@@]1(OC(=O)c2cccc(I)c2)CC[C@H]2[C@@H]3CC(F)C4=CC(=O)CC[C@]4(C)[C@@]3(Cl)CC[C@@]21C. The van der Waals surface area contributed by atoms with Crippen LogP contribution in [0.4, 0.5) is 4.39 Å². The van der Waals surface area contributed by atoms with Crippen molar-refractivity contribution in [2.24, 2.45) is 22.7 Å². The molecule has 4 aliphatic carbocycles. The van der Waals surface area contributed by atoms with Gasteiger partial charge in [0.15, 0.2) is 18.0 Å². The van der Waals surface area contributed by atoms with E-state index in [2.05, 4.69) is 22.6 Å². The fourth-order valence-electron chi connectivity index (χ4n) is 8.23. The van der Waals surface area contributed by atoms with Gasteiger partial charge >= 0.3 is 11.9 Å². The Morgan fingerprint density at radius 1 is 1.13 bits per heavy atom. The van der Waals surface area contributed by atoms with Gasteiger partial charge in [0.2, 0.25) is 5.78 Å². The van der Waals surface area contributed by atoms with Crippen LogP contribution in [0.5, 0.6) is 0 Å². The van der Waals surface area contributed by atoms with E-state index in [1.807, 2.05) is 19.9 Å². The Hall–Kier alpha value is -1.81. The van der Waals surface area contributed by atoms with Crippen molar-refractivity contribution in [1.29, 1.82) is 0 Å². The summed E-state index contributed by atoms with van der Waals surface area (Å²) in [5, 5.41) is 0. The molecule has 3 fully saturated rings. The van der Waals surface area contributed by atoms with E-state index in [-0.39, 0.29) is 30.5 Å². The second-order valence-electron chi connectivity index (χ2n) is 12.1. The third-order valence-electron chi connectivity index (χ3n) is 10.4. The Balaban J connectivity index is 1.55. The number of carbonyl (C=O) groups is 4. The van der Waals surface area contributed by atoms with Crippen LogP contribution in [0, 0.1) is 26.2 Å². The van der Waals surface area contributed by atoms with Crippen molar-refractivity contribution in [3.63, 3.8) is 0 Å². The van der Waals surface area contributed by atoms with Crippen LogP contribution in [-0.2, 0) is 23.9 Å². The summed E-state index contributed by atoms with van der Waals surface area (Å²) in [6.45, 7) is 4.64. The van der Waals surface area contributed by atoms with Crippen LogP contribution in [0.2, 0.25) is 0 Å². The summed E-state index contributed by atoms with van der Waals surface area (Å²) in [4.78, 5) is 50.4. The molecule has 7 atom stereocenters. The van der Waals surface area contributed by atoms with Crippen LogP contribution < -0.4 is 0 Å². The predicted octanol–water partition coefficient (Wildman–Crippen LogP) is 6.16. The minimum absolute atomic E-state index is 0.0667. The maximum Gasteiger partial charge on any atom is 0.339 e. The lowest BCUT2D eigenvalue weighted by atomic mass is 9.45. The number of Topliss-reactive ketones (excluding diaryl/α,β-unsaturated/α-hetero) is 1. The van der Waals surface area contributed by atoms with Gasteiger partial charge in [0.05, 0.1) is 10.4 Å². The molecule has 0 aromatic heterocycles. The zero-order valence-electron chi connectivity index (χ0n) is 22.4. The average molecular weight is 671 g/mol. The lowest BCUT2D eigenvalue weighted by Gasteiger charge is -2.63. The van der Waals surface area contributed by atoms with Gasteiger partial charge in [-0.15, -0.1) is 11.6 Å². The van der Waals surface area contributed by atoms with Gasteiger partial charge in [-0.25, -0.2) is 9.18 Å². The molecule has 0 radical (unpaired) electrons. The first kappa shape index (κ1) is 28.7. The molecule has 1 aromatic carbocycles. The molecule has 4 aliphatic rings. The summed E-state index contributed by atoms with van der Waals surface area (Å²) in [6.07, 6.45) is 2.82. The molecule has 9 heteroatoms. The molecule has 5 rings (SSSR count). The molecular weight excluding hydrogens is 638 g/mol. The van der Waals surface area contributed by atoms with Crippen molar-refractivity contribution in [3.8, 4) is 0 Å². The van der Waals surface area contributed by atoms with Crippen LogP contribution in [0.3, 0.4) is 0 Å². The Labute approximate surface area is 246 Å². The van der Waals surface area contributed by atoms with Crippen molar-refractivity contribution in [1.82, 2.24) is 0 Å². The largest absolute Gasteiger partial charge is 0.458 e. The number of ketones is 2. The lowest BCUT2D eigenvalue weighted by molar-refractivity contribution is -0.170. The number of hydrogen-bond acceptors (Lipinski definition) is 6. The van der Waals surface area contributed by atoms with Crippen LogP contribution in [0.25, 0.3) is 0 Å². The summed E-state index contributed by atoms with van der Waals surface area (Å²) in [5.41, 5.74) is -2.25. The molecule has 39 heavy (non-hydrogen) atoms. The van der Waals surface area contributed by atoms with Crippen molar-refractivity contribution in [3.05, 3.63) is 45.0 Å². The molecule has 0 spiro atoms. The number of benzene rings is 1. The van der Waals surface area contributed by atoms with Gasteiger partial charge in [0.25, 0.3) is 0 Å². The first-order chi connectivity index (χ1) is 18.3. The molecular formula is C30H33ClFIO6. The van der Waals surface area contributed by atoms with Gasteiger partial charge < -0.3 is 9.47 Å². The van der Waals surface area contributed by atoms with Crippen molar-refractivity contribution >= 4 is 57.7 Å². The monoisotopic (exact) mass is 670 g/mol. The van der Waals surface area contributed by atoms with Crippen LogP contribution >= 0.6 is 34.2 Å². The van der Waals surface area contributed by atoms with E-state index in [9.17, 15) is 19.2 Å². The molecule has 0 bridgehead atoms. The number of ether oxygens (including phenoxy) is 2. The fourth-order valence-corrected chi connectivity index (χ4v) is 9.31. The molecule has 0 heterocycles. The van der Waals surface area contributed by atoms with Crippen LogP contribution in [0.1, 0.15) is 76.1 Å². The minimum Gasteiger partial charge on any atom is -0.458 e. The number of hydrogen-bond donors (Lipinski definition) is 0. The molecule has 210 valence electrons. The highest BCUT2D eigenvalue weighted by Gasteiger charge is 2.73. The van der Waals surface area contributed by atoms with Gasteiger partial charge in [0, 0.05) is 27.7 Å². The van der Waals surface area contributed by atoms with E-state index < -0.39 is 51.8 Å². The summed E-state index contributed by atoms with van der Waals surface area (Å²) < 4.78 is 28.0. The number of halogens is 3. The normalized spacial score (nSPS) is 39.1.